The maximum absolute atomic E-state index is 12.8. The van der Waals surface area contributed by atoms with E-state index < -0.39 is 5.78 Å². The van der Waals surface area contributed by atoms with Gasteiger partial charge in [-0.05, 0) is 48.9 Å². The quantitative estimate of drug-likeness (QED) is 0.407. The number of nitrogens with one attached hydrogen (secondary N) is 1. The Morgan fingerprint density at radius 2 is 1.97 bits per heavy atom. The summed E-state index contributed by atoms with van der Waals surface area (Å²) in [5.41, 5.74) is 0.843. The lowest BCUT2D eigenvalue weighted by molar-refractivity contribution is -0.123. The fraction of sp³-hybridized carbons (Fsp3) is 0.227. The van der Waals surface area contributed by atoms with E-state index in [2.05, 4.69) is 5.32 Å². The zero-order valence-corrected chi connectivity index (χ0v) is 16.6. The van der Waals surface area contributed by atoms with Crippen LogP contribution in [0, 0.1) is 11.3 Å². The first-order valence-electron chi connectivity index (χ1n) is 9.19. The molecule has 1 aliphatic rings. The van der Waals surface area contributed by atoms with E-state index in [1.165, 1.54) is 13.2 Å². The van der Waals surface area contributed by atoms with Gasteiger partial charge in [-0.3, -0.25) is 9.59 Å². The van der Waals surface area contributed by atoms with Gasteiger partial charge in [-0.2, -0.15) is 5.26 Å². The van der Waals surface area contributed by atoms with E-state index in [-0.39, 0.29) is 24.9 Å². The van der Waals surface area contributed by atoms with E-state index in [0.29, 0.717) is 40.7 Å². The fourth-order valence-corrected chi connectivity index (χ4v) is 2.79. The van der Waals surface area contributed by atoms with Crippen LogP contribution in [0.3, 0.4) is 0 Å². The number of fused-ring (bicyclic) bond motifs is 1. The fourth-order valence-electron chi connectivity index (χ4n) is 2.79. The summed E-state index contributed by atoms with van der Waals surface area (Å²) in [5, 5.41) is 12.1. The van der Waals surface area contributed by atoms with Crippen molar-refractivity contribution in [2.24, 2.45) is 0 Å². The number of hydrogen-bond acceptors (Lipinski definition) is 7. The van der Waals surface area contributed by atoms with Gasteiger partial charge in [-0.15, -0.1) is 0 Å². The summed E-state index contributed by atoms with van der Waals surface area (Å²) in [7, 11) is 1.46. The number of nitrogens with zero attached hydrogens (tertiary/aromatic N) is 1. The van der Waals surface area contributed by atoms with Crippen molar-refractivity contribution in [1.82, 2.24) is 5.32 Å². The Morgan fingerprint density at radius 3 is 2.70 bits per heavy atom. The van der Waals surface area contributed by atoms with Gasteiger partial charge < -0.3 is 24.3 Å². The minimum absolute atomic E-state index is 0.0492. The Balaban J connectivity index is 1.80. The maximum Gasteiger partial charge on any atom is 0.257 e. The summed E-state index contributed by atoms with van der Waals surface area (Å²) in [6.07, 6.45) is 1.46. The molecule has 0 aromatic heterocycles. The number of carbonyl (C=O) groups excluding carboxylic acids is 2. The number of allylic oxidation sites excluding steroid dienone is 1. The standard InChI is InChI=1S/C22H20N2O6/c1-3-24-21(25)12-28-17-6-4-14(9-19(17)27-2)8-16(11-23)22(26)15-5-7-18-20(10-15)30-13-29-18/h4-10H,3,12-13H2,1-2H3,(H,24,25)/b16-8-. The molecule has 0 atom stereocenters. The van der Waals surface area contributed by atoms with Gasteiger partial charge in [0.15, 0.2) is 29.6 Å². The van der Waals surface area contributed by atoms with Crippen molar-refractivity contribution in [2.75, 3.05) is 27.1 Å². The second kappa shape index (κ2) is 9.47. The molecule has 1 aliphatic heterocycles. The van der Waals surface area contributed by atoms with Crippen LogP contribution in [0.25, 0.3) is 6.08 Å². The Bertz CT molecular complexity index is 1040. The van der Waals surface area contributed by atoms with Crippen molar-refractivity contribution in [2.45, 2.75) is 6.92 Å². The molecule has 2 aromatic rings. The van der Waals surface area contributed by atoms with Crippen LogP contribution in [-0.2, 0) is 4.79 Å². The van der Waals surface area contributed by atoms with E-state index in [1.54, 1.807) is 36.4 Å². The van der Waals surface area contributed by atoms with Crippen LogP contribution < -0.4 is 24.3 Å². The minimum Gasteiger partial charge on any atom is -0.493 e. The number of amides is 1. The Hall–Kier alpha value is -3.99. The van der Waals surface area contributed by atoms with Crippen molar-refractivity contribution in [3.05, 3.63) is 53.1 Å². The monoisotopic (exact) mass is 408 g/mol. The highest BCUT2D eigenvalue weighted by molar-refractivity contribution is 6.14. The third kappa shape index (κ3) is 4.70. The topological polar surface area (TPSA) is 107 Å². The summed E-state index contributed by atoms with van der Waals surface area (Å²) >= 11 is 0. The number of ketones is 1. The number of hydrogen-bond donors (Lipinski definition) is 1. The molecule has 1 heterocycles. The highest BCUT2D eigenvalue weighted by atomic mass is 16.7. The molecule has 0 saturated heterocycles. The summed E-state index contributed by atoms with van der Waals surface area (Å²) < 4.78 is 21.3. The third-order valence-electron chi connectivity index (χ3n) is 4.23. The van der Waals surface area contributed by atoms with Crippen LogP contribution in [0.4, 0.5) is 0 Å². The smallest absolute Gasteiger partial charge is 0.257 e. The van der Waals surface area contributed by atoms with E-state index >= 15 is 0 Å². The van der Waals surface area contributed by atoms with Crippen molar-refractivity contribution >= 4 is 17.8 Å². The van der Waals surface area contributed by atoms with Crippen LogP contribution in [0.1, 0.15) is 22.8 Å². The number of likely N-dealkylation sites (N-methyl/N-ethyl adjacent to an activating group) is 1. The molecule has 1 amide bonds. The summed E-state index contributed by atoms with van der Waals surface area (Å²) in [5.74, 6) is 1.09. The molecule has 0 saturated carbocycles. The Morgan fingerprint density at radius 1 is 1.17 bits per heavy atom. The highest BCUT2D eigenvalue weighted by Gasteiger charge is 2.19. The number of benzene rings is 2. The first-order valence-corrected chi connectivity index (χ1v) is 9.19. The van der Waals surface area contributed by atoms with Crippen molar-refractivity contribution in [1.29, 1.82) is 5.26 Å². The van der Waals surface area contributed by atoms with Crippen LogP contribution in [0.2, 0.25) is 0 Å². The summed E-state index contributed by atoms with van der Waals surface area (Å²) in [4.78, 5) is 24.3. The van der Waals surface area contributed by atoms with Gasteiger partial charge in [0.1, 0.15) is 11.6 Å². The molecule has 154 valence electrons. The number of rotatable bonds is 8. The second-order valence-electron chi connectivity index (χ2n) is 6.22. The van der Waals surface area contributed by atoms with E-state index in [4.69, 9.17) is 18.9 Å². The second-order valence-corrected chi connectivity index (χ2v) is 6.22. The Labute approximate surface area is 173 Å². The number of Topliss-reactive ketones (excluding diaryl/α,β-unsaturated/α-hetero) is 1. The van der Waals surface area contributed by atoms with Crippen LogP contribution in [-0.4, -0.2) is 38.7 Å². The first kappa shape index (κ1) is 20.7. The van der Waals surface area contributed by atoms with Crippen molar-refractivity contribution in [3.63, 3.8) is 0 Å². The molecule has 1 N–H and O–H groups in total. The molecule has 0 unspecified atom stereocenters. The van der Waals surface area contributed by atoms with Gasteiger partial charge in [0.2, 0.25) is 12.6 Å². The van der Waals surface area contributed by atoms with Crippen LogP contribution in [0.15, 0.2) is 42.0 Å². The molecule has 8 heteroatoms. The number of carbonyl (C=O) groups is 2. The van der Waals surface area contributed by atoms with Crippen molar-refractivity contribution < 1.29 is 28.5 Å². The van der Waals surface area contributed by atoms with Crippen LogP contribution in [0.5, 0.6) is 23.0 Å². The molecular weight excluding hydrogens is 388 g/mol. The van der Waals surface area contributed by atoms with Gasteiger partial charge in [-0.1, -0.05) is 6.07 Å². The van der Waals surface area contributed by atoms with Gasteiger partial charge in [0.05, 0.1) is 7.11 Å². The van der Waals surface area contributed by atoms with Crippen molar-refractivity contribution in [3.8, 4) is 29.1 Å². The molecule has 8 nitrogen and oxygen atoms in total. The van der Waals surface area contributed by atoms with E-state index in [9.17, 15) is 14.9 Å². The number of methoxy groups -OCH3 is 1. The maximum atomic E-state index is 12.8. The molecule has 2 aromatic carbocycles. The number of nitriles is 1. The zero-order valence-electron chi connectivity index (χ0n) is 16.6. The highest BCUT2D eigenvalue weighted by Crippen LogP contribution is 2.33. The predicted molar refractivity (Wildman–Crippen MR) is 108 cm³/mol. The SMILES string of the molecule is CCNC(=O)COc1ccc(/C=C(/C#N)C(=O)c2ccc3c(c2)OCO3)cc1OC. The minimum atomic E-state index is -0.439. The molecule has 0 spiro atoms. The molecule has 0 bridgehead atoms. The molecule has 0 fully saturated rings. The third-order valence-corrected chi connectivity index (χ3v) is 4.23. The van der Waals surface area contributed by atoms with Gasteiger partial charge >= 0.3 is 0 Å². The summed E-state index contributed by atoms with van der Waals surface area (Å²) in [6.45, 7) is 2.28. The molecule has 30 heavy (non-hydrogen) atoms. The lowest BCUT2D eigenvalue weighted by Crippen LogP contribution is -2.28. The average Bonchev–Trinajstić information content (AvgIpc) is 3.24. The van der Waals surface area contributed by atoms with Crippen LogP contribution >= 0.6 is 0 Å². The molecule has 0 aliphatic carbocycles. The summed E-state index contributed by atoms with van der Waals surface area (Å²) in [6, 6.07) is 11.6. The average molecular weight is 408 g/mol. The lowest BCUT2D eigenvalue weighted by atomic mass is 10.0. The molecule has 3 rings (SSSR count). The normalized spacial score (nSPS) is 12.1. The Kier molecular flexibility index (Phi) is 6.55. The van der Waals surface area contributed by atoms with E-state index in [0.717, 1.165) is 0 Å². The van der Waals surface area contributed by atoms with Gasteiger partial charge in [0, 0.05) is 12.1 Å². The zero-order chi connectivity index (χ0) is 21.5. The molecule has 0 radical (unpaired) electrons. The first-order chi connectivity index (χ1) is 14.5. The largest absolute Gasteiger partial charge is 0.493 e. The predicted octanol–water partition coefficient (Wildman–Crippen LogP) is 2.73. The van der Waals surface area contributed by atoms with Gasteiger partial charge in [-0.25, -0.2) is 0 Å². The lowest BCUT2D eigenvalue weighted by Gasteiger charge is -2.11. The number of ether oxygens (including phenoxy) is 4. The van der Waals surface area contributed by atoms with E-state index in [1.807, 2.05) is 13.0 Å². The molecular formula is C22H20N2O6. The van der Waals surface area contributed by atoms with Gasteiger partial charge in [0.25, 0.3) is 5.91 Å².